The van der Waals surface area contributed by atoms with E-state index in [0.717, 1.165) is 0 Å². The van der Waals surface area contributed by atoms with Crippen LogP contribution in [0, 0.1) is 0 Å². The molecule has 1 aliphatic heterocycles. The standard InChI is InChI=1S/C22H25NO8S/c24-8-10-27-17-4-1-3-15(11-17)18(5-2-9-28-21(25)13-32)31-22(26)23-16-6-7-19-20(12-16)30-14-29-19/h1,3-4,6-7,11-12,18,24,32H,2,5,8-10,13-14H2,(H,23,26)/t18-/m1/s1. The number of carbonyl (C=O) groups is 2. The molecule has 10 heteroatoms. The number of ether oxygens (including phenoxy) is 5. The average molecular weight is 464 g/mol. The third kappa shape index (κ3) is 6.96. The second kappa shape index (κ2) is 12.1. The van der Waals surface area contributed by atoms with Crippen LogP contribution in [0.2, 0.25) is 0 Å². The number of aliphatic hydroxyl groups is 1. The molecular weight excluding hydrogens is 438 g/mol. The molecule has 2 aromatic carbocycles. The van der Waals surface area contributed by atoms with Crippen molar-refractivity contribution in [1.29, 1.82) is 0 Å². The first kappa shape index (κ1) is 23.6. The first-order chi connectivity index (χ1) is 15.6. The minimum atomic E-state index is -0.650. The molecule has 9 nitrogen and oxygen atoms in total. The second-order valence-electron chi connectivity index (χ2n) is 6.75. The van der Waals surface area contributed by atoms with Crippen LogP contribution in [0.25, 0.3) is 0 Å². The lowest BCUT2D eigenvalue weighted by Gasteiger charge is -2.19. The van der Waals surface area contributed by atoms with Gasteiger partial charge in [0, 0.05) is 11.8 Å². The van der Waals surface area contributed by atoms with Gasteiger partial charge in [-0.25, -0.2) is 4.79 Å². The summed E-state index contributed by atoms with van der Waals surface area (Å²) < 4.78 is 26.8. The van der Waals surface area contributed by atoms with Crippen LogP contribution in [-0.2, 0) is 14.3 Å². The van der Waals surface area contributed by atoms with Crippen molar-refractivity contribution in [3.8, 4) is 17.2 Å². The Labute approximate surface area is 191 Å². The van der Waals surface area contributed by atoms with Gasteiger partial charge in [0.2, 0.25) is 6.79 Å². The molecule has 172 valence electrons. The summed E-state index contributed by atoms with van der Waals surface area (Å²) in [5.74, 6) is 1.28. The molecule has 1 atom stereocenters. The highest BCUT2D eigenvalue weighted by Crippen LogP contribution is 2.34. The molecule has 0 saturated carbocycles. The maximum atomic E-state index is 12.6. The number of fused-ring (bicyclic) bond motifs is 1. The van der Waals surface area contributed by atoms with Crippen LogP contribution in [0.4, 0.5) is 10.5 Å². The normalized spacial score (nSPS) is 12.7. The highest BCUT2D eigenvalue weighted by Gasteiger charge is 2.19. The topological polar surface area (TPSA) is 113 Å². The maximum absolute atomic E-state index is 12.6. The molecule has 0 fully saturated rings. The quantitative estimate of drug-likeness (QED) is 0.264. The summed E-state index contributed by atoms with van der Waals surface area (Å²) in [6.45, 7) is 0.361. The fourth-order valence-corrected chi connectivity index (χ4v) is 3.10. The number of anilines is 1. The van der Waals surface area contributed by atoms with E-state index in [1.165, 1.54) is 0 Å². The van der Waals surface area contributed by atoms with Gasteiger partial charge >= 0.3 is 12.1 Å². The lowest BCUT2D eigenvalue weighted by Crippen LogP contribution is -2.18. The van der Waals surface area contributed by atoms with Gasteiger partial charge in [-0.1, -0.05) is 12.1 Å². The van der Waals surface area contributed by atoms with Gasteiger partial charge < -0.3 is 28.8 Å². The number of thiol groups is 1. The van der Waals surface area contributed by atoms with Gasteiger partial charge in [0.25, 0.3) is 0 Å². The van der Waals surface area contributed by atoms with Crippen molar-refractivity contribution in [3.63, 3.8) is 0 Å². The third-order valence-corrected chi connectivity index (χ3v) is 4.72. The van der Waals surface area contributed by atoms with E-state index in [-0.39, 0.29) is 32.4 Å². The SMILES string of the molecule is O=C(CS)OCCC[C@@H](OC(=O)Nc1ccc2c(c1)OCO2)c1cccc(OCCO)c1. The number of hydrogen-bond donors (Lipinski definition) is 3. The van der Waals surface area contributed by atoms with E-state index in [9.17, 15) is 9.59 Å². The molecule has 0 spiro atoms. The molecule has 32 heavy (non-hydrogen) atoms. The number of nitrogens with one attached hydrogen (secondary N) is 1. The van der Waals surface area contributed by atoms with Crippen LogP contribution in [0.1, 0.15) is 24.5 Å². The number of carbonyl (C=O) groups excluding carboxylic acids is 2. The Kier molecular flexibility index (Phi) is 8.88. The van der Waals surface area contributed by atoms with Gasteiger partial charge in [0.05, 0.1) is 19.0 Å². The highest BCUT2D eigenvalue weighted by molar-refractivity contribution is 7.81. The summed E-state index contributed by atoms with van der Waals surface area (Å²) in [5.41, 5.74) is 1.21. The summed E-state index contributed by atoms with van der Waals surface area (Å²) in [5, 5.41) is 11.6. The number of esters is 1. The molecule has 2 aromatic rings. The Morgan fingerprint density at radius 1 is 1.12 bits per heavy atom. The third-order valence-electron chi connectivity index (χ3n) is 4.46. The molecule has 0 bridgehead atoms. The summed E-state index contributed by atoms with van der Waals surface area (Å²) in [7, 11) is 0. The minimum absolute atomic E-state index is 0.00209. The Morgan fingerprint density at radius 2 is 1.97 bits per heavy atom. The Bertz CT molecular complexity index is 923. The van der Waals surface area contributed by atoms with Gasteiger partial charge in [-0.15, -0.1) is 0 Å². The largest absolute Gasteiger partial charge is 0.491 e. The van der Waals surface area contributed by atoms with Crippen LogP contribution in [0.3, 0.4) is 0 Å². The molecule has 1 amide bonds. The maximum Gasteiger partial charge on any atom is 0.412 e. The number of aliphatic hydroxyl groups excluding tert-OH is 1. The molecule has 1 heterocycles. The molecule has 0 unspecified atom stereocenters. The lowest BCUT2D eigenvalue weighted by atomic mass is 10.0. The molecule has 0 aliphatic carbocycles. The first-order valence-corrected chi connectivity index (χ1v) is 10.7. The zero-order chi connectivity index (χ0) is 22.8. The predicted molar refractivity (Wildman–Crippen MR) is 118 cm³/mol. The van der Waals surface area contributed by atoms with Crippen molar-refractivity contribution < 1.29 is 38.4 Å². The van der Waals surface area contributed by atoms with E-state index in [1.807, 2.05) is 6.07 Å². The van der Waals surface area contributed by atoms with Crippen molar-refractivity contribution >= 4 is 30.4 Å². The van der Waals surface area contributed by atoms with Crippen LogP contribution < -0.4 is 19.5 Å². The molecule has 3 rings (SSSR count). The van der Waals surface area contributed by atoms with E-state index in [0.29, 0.717) is 41.3 Å². The van der Waals surface area contributed by atoms with E-state index in [1.54, 1.807) is 36.4 Å². The zero-order valence-electron chi connectivity index (χ0n) is 17.3. The Balaban J connectivity index is 1.65. The minimum Gasteiger partial charge on any atom is -0.491 e. The molecule has 0 radical (unpaired) electrons. The van der Waals surface area contributed by atoms with Crippen molar-refractivity contribution in [3.05, 3.63) is 48.0 Å². The Hall–Kier alpha value is -3.11. The second-order valence-corrected chi connectivity index (χ2v) is 7.07. The number of amides is 1. The van der Waals surface area contributed by atoms with Gasteiger partial charge in [0.1, 0.15) is 18.5 Å². The zero-order valence-corrected chi connectivity index (χ0v) is 18.2. The lowest BCUT2D eigenvalue weighted by molar-refractivity contribution is -0.140. The van der Waals surface area contributed by atoms with E-state index >= 15 is 0 Å². The molecule has 2 N–H and O–H groups in total. The van der Waals surface area contributed by atoms with Crippen LogP contribution in [0.5, 0.6) is 17.2 Å². The van der Waals surface area contributed by atoms with Gasteiger partial charge in [0.15, 0.2) is 11.5 Å². The average Bonchev–Trinajstić information content (AvgIpc) is 3.27. The summed E-state index contributed by atoms with van der Waals surface area (Å²) in [6, 6.07) is 12.1. The van der Waals surface area contributed by atoms with Crippen LogP contribution in [-0.4, -0.2) is 49.5 Å². The predicted octanol–water partition coefficient (Wildman–Crippen LogP) is 3.33. The number of hydrogen-bond acceptors (Lipinski definition) is 9. The molecular formula is C22H25NO8S. The fourth-order valence-electron chi connectivity index (χ4n) is 3.01. The van der Waals surface area contributed by atoms with E-state index < -0.39 is 18.2 Å². The first-order valence-electron chi connectivity index (χ1n) is 10.1. The summed E-state index contributed by atoms with van der Waals surface area (Å²) in [4.78, 5) is 23.9. The summed E-state index contributed by atoms with van der Waals surface area (Å²) in [6.07, 6.45) is -0.375. The van der Waals surface area contributed by atoms with E-state index in [4.69, 9.17) is 28.8 Å². The molecule has 1 aliphatic rings. The van der Waals surface area contributed by atoms with Crippen LogP contribution in [0.15, 0.2) is 42.5 Å². The monoisotopic (exact) mass is 463 g/mol. The van der Waals surface area contributed by atoms with Gasteiger partial charge in [-0.3, -0.25) is 10.1 Å². The molecule has 0 saturated heterocycles. The van der Waals surface area contributed by atoms with E-state index in [2.05, 4.69) is 17.9 Å². The van der Waals surface area contributed by atoms with Crippen LogP contribution >= 0.6 is 12.6 Å². The molecule has 0 aromatic heterocycles. The van der Waals surface area contributed by atoms with Crippen molar-refractivity contribution in [2.45, 2.75) is 18.9 Å². The van der Waals surface area contributed by atoms with Gasteiger partial charge in [-0.2, -0.15) is 12.6 Å². The fraction of sp³-hybridized carbons (Fsp3) is 0.364. The van der Waals surface area contributed by atoms with Crippen molar-refractivity contribution in [1.82, 2.24) is 0 Å². The highest BCUT2D eigenvalue weighted by atomic mass is 32.1. The van der Waals surface area contributed by atoms with Crippen molar-refractivity contribution in [2.75, 3.05) is 37.7 Å². The smallest absolute Gasteiger partial charge is 0.412 e. The summed E-state index contributed by atoms with van der Waals surface area (Å²) >= 11 is 3.87. The number of rotatable bonds is 11. The Morgan fingerprint density at radius 3 is 2.78 bits per heavy atom. The number of benzene rings is 2. The van der Waals surface area contributed by atoms with Gasteiger partial charge in [-0.05, 0) is 42.7 Å². The van der Waals surface area contributed by atoms with Crippen molar-refractivity contribution in [2.24, 2.45) is 0 Å².